The van der Waals surface area contributed by atoms with E-state index in [-0.39, 0.29) is 16.9 Å². The second kappa shape index (κ2) is 12.5. The summed E-state index contributed by atoms with van der Waals surface area (Å²) in [6, 6.07) is 7.93. The van der Waals surface area contributed by atoms with Gasteiger partial charge in [0.15, 0.2) is 14.6 Å². The molecule has 2 aromatic rings. The number of carbonyl (C=O) groups is 3. The average molecular weight is 681 g/mol. The van der Waals surface area contributed by atoms with Crippen molar-refractivity contribution in [2.45, 2.75) is 103 Å². The Morgan fingerprint density at radius 2 is 1.34 bits per heavy atom. The molecule has 0 N–H and O–H groups in total. The number of carbonyl (C=O) groups excluding carboxylic acids is 3. The van der Waals surface area contributed by atoms with Gasteiger partial charge in [0.25, 0.3) is 0 Å². The second-order valence-electron chi connectivity index (χ2n) is 14.5. The number of ether oxygens (including phenoxy) is 4. The minimum Gasteiger partial charge on any atom is -0.443 e. The van der Waals surface area contributed by atoms with Gasteiger partial charge in [-0.2, -0.15) is 4.90 Å². The van der Waals surface area contributed by atoms with E-state index in [4.69, 9.17) is 18.9 Å². The van der Waals surface area contributed by atoms with Crippen molar-refractivity contribution in [3.63, 3.8) is 0 Å². The number of nitrogens with zero attached hydrogens (tertiary/aromatic N) is 2. The molecule has 2 atom stereocenters. The van der Waals surface area contributed by atoms with E-state index in [9.17, 15) is 27.2 Å². The molecule has 3 rings (SSSR count). The first-order valence-corrected chi connectivity index (χ1v) is 16.4. The zero-order valence-electron chi connectivity index (χ0n) is 28.5. The normalized spacial score (nSPS) is 21.3. The van der Waals surface area contributed by atoms with Crippen molar-refractivity contribution >= 4 is 34.0 Å². The number of rotatable bonds is 3. The summed E-state index contributed by atoms with van der Waals surface area (Å²) < 4.78 is 77.6. The van der Waals surface area contributed by atoms with Gasteiger partial charge >= 0.3 is 18.3 Å². The van der Waals surface area contributed by atoms with E-state index in [0.717, 1.165) is 12.1 Å². The van der Waals surface area contributed by atoms with Crippen LogP contribution in [0.1, 0.15) is 87.3 Å². The predicted molar refractivity (Wildman–Crippen MR) is 170 cm³/mol. The topological polar surface area (TPSA) is 138 Å². The number of benzene rings is 2. The van der Waals surface area contributed by atoms with Gasteiger partial charge in [-0.1, -0.05) is 18.2 Å². The summed E-state index contributed by atoms with van der Waals surface area (Å²) in [6.45, 7) is 16.6. The van der Waals surface area contributed by atoms with Crippen molar-refractivity contribution in [1.29, 1.82) is 0 Å². The lowest BCUT2D eigenvalue weighted by Gasteiger charge is -2.44. The summed E-state index contributed by atoms with van der Waals surface area (Å²) in [7, 11) is -4.60. The predicted octanol–water partition coefficient (Wildman–Crippen LogP) is 7.41. The van der Waals surface area contributed by atoms with E-state index < -0.39 is 78.5 Å². The molecule has 258 valence electrons. The summed E-state index contributed by atoms with van der Waals surface area (Å²) in [6.07, 6.45) is -3.71. The number of halogens is 2. The number of amides is 2. The monoisotopic (exact) mass is 680 g/mol. The van der Waals surface area contributed by atoms with Gasteiger partial charge < -0.3 is 18.9 Å². The van der Waals surface area contributed by atoms with Crippen molar-refractivity contribution in [1.82, 2.24) is 4.90 Å². The Kier molecular flexibility index (Phi) is 9.95. The van der Waals surface area contributed by atoms with Crippen LogP contribution >= 0.6 is 0 Å². The maximum atomic E-state index is 15.3. The van der Waals surface area contributed by atoms with Crippen molar-refractivity contribution in [2.24, 2.45) is 4.99 Å². The number of aliphatic imine (C=N–C) groups is 1. The second-order valence-corrected chi connectivity index (χ2v) is 16.9. The van der Waals surface area contributed by atoms with Gasteiger partial charge in [-0.15, -0.1) is 0 Å². The molecule has 0 unspecified atom stereocenters. The molecule has 1 aliphatic rings. The van der Waals surface area contributed by atoms with E-state index >= 15 is 4.39 Å². The highest BCUT2D eigenvalue weighted by atomic mass is 32.2. The number of amidine groups is 1. The first-order valence-electron chi connectivity index (χ1n) is 14.7. The van der Waals surface area contributed by atoms with Crippen LogP contribution in [0.25, 0.3) is 0 Å². The number of hydrogen-bond acceptors (Lipinski definition) is 10. The highest BCUT2D eigenvalue weighted by molar-refractivity contribution is 7.93. The zero-order valence-corrected chi connectivity index (χ0v) is 29.3. The molecule has 0 bridgehead atoms. The molecule has 0 spiro atoms. The Morgan fingerprint density at radius 1 is 0.809 bits per heavy atom. The van der Waals surface area contributed by atoms with E-state index in [1.165, 1.54) is 79.7 Å². The molecule has 14 heteroatoms. The van der Waals surface area contributed by atoms with Crippen molar-refractivity contribution in [2.75, 3.05) is 5.75 Å². The van der Waals surface area contributed by atoms with Crippen molar-refractivity contribution < 1.29 is 50.5 Å². The third-order valence-corrected chi connectivity index (χ3v) is 9.33. The molecule has 2 amide bonds. The molecule has 0 saturated carbocycles. The van der Waals surface area contributed by atoms with Crippen LogP contribution in [0, 0.1) is 11.6 Å². The fourth-order valence-electron chi connectivity index (χ4n) is 4.75. The van der Waals surface area contributed by atoms with Crippen LogP contribution in [0.15, 0.2) is 47.5 Å². The van der Waals surface area contributed by atoms with Crippen LogP contribution in [0.5, 0.6) is 5.75 Å². The molecule has 1 heterocycles. The van der Waals surface area contributed by atoms with Crippen LogP contribution in [-0.2, 0) is 34.3 Å². The number of sulfone groups is 1. The average Bonchev–Trinajstić information content (AvgIpc) is 2.83. The Labute approximate surface area is 274 Å². The van der Waals surface area contributed by atoms with Gasteiger partial charge in [-0.05, 0) is 99.9 Å². The lowest BCUT2D eigenvalue weighted by atomic mass is 9.91. The zero-order chi connectivity index (χ0) is 36.0. The smallest absolute Gasteiger partial charge is 0.443 e. The molecule has 0 aliphatic carbocycles. The lowest BCUT2D eigenvalue weighted by Crippen LogP contribution is -2.60. The standard InChI is InChI=1S/C33H42F2N2O9S/c1-29(2,3)44-26(38)37(27(39)45-30(4,5)6)25-33(11,20-13-12-14-22(17-20)43-28(40)46-31(7,8)9)47(41,42)19-32(10,36-25)23-16-15-21(34)18-24(23)35/h12-18H,19H2,1-11H3/t32-,33-/m0/s1. The summed E-state index contributed by atoms with van der Waals surface area (Å²) in [4.78, 5) is 45.1. The fraction of sp³-hybridized carbons (Fsp3) is 0.515. The molecular formula is C33H42F2N2O9S. The summed E-state index contributed by atoms with van der Waals surface area (Å²) in [5, 5.41) is 0. The molecular weight excluding hydrogens is 638 g/mol. The van der Waals surface area contributed by atoms with Gasteiger partial charge in [0.2, 0.25) is 0 Å². The molecule has 47 heavy (non-hydrogen) atoms. The maximum Gasteiger partial charge on any atom is 0.514 e. The van der Waals surface area contributed by atoms with Crippen LogP contribution in [0.2, 0.25) is 0 Å². The minimum atomic E-state index is -4.60. The molecule has 11 nitrogen and oxygen atoms in total. The summed E-state index contributed by atoms with van der Waals surface area (Å²) >= 11 is 0. The highest BCUT2D eigenvalue weighted by Gasteiger charge is 2.58. The van der Waals surface area contributed by atoms with Gasteiger partial charge in [0.05, 0.1) is 5.75 Å². The Balaban J connectivity index is 2.40. The molecule has 0 radical (unpaired) electrons. The molecule has 2 aromatic carbocycles. The Morgan fingerprint density at radius 3 is 1.83 bits per heavy atom. The molecule has 1 aliphatic heterocycles. The van der Waals surface area contributed by atoms with Crippen LogP contribution < -0.4 is 4.74 Å². The molecule has 0 aromatic heterocycles. The van der Waals surface area contributed by atoms with Crippen molar-refractivity contribution in [3.05, 3.63) is 65.2 Å². The Bertz CT molecular complexity index is 1680. The van der Waals surface area contributed by atoms with Crippen LogP contribution in [0.3, 0.4) is 0 Å². The quantitative estimate of drug-likeness (QED) is 0.184. The number of hydrogen-bond donors (Lipinski definition) is 0. The van der Waals surface area contributed by atoms with Crippen LogP contribution in [0.4, 0.5) is 23.2 Å². The maximum absolute atomic E-state index is 15.3. The third-order valence-electron chi connectivity index (χ3n) is 6.72. The van der Waals surface area contributed by atoms with E-state index in [1.54, 1.807) is 20.8 Å². The van der Waals surface area contributed by atoms with Crippen molar-refractivity contribution in [3.8, 4) is 5.75 Å². The first kappa shape index (κ1) is 37.4. The lowest BCUT2D eigenvalue weighted by molar-refractivity contribution is 0.0135. The third kappa shape index (κ3) is 8.65. The SMILES string of the molecule is CC(C)(C)OC(=O)Oc1cccc([C@@]2(C)C(N(C(=O)OC(C)(C)C)C(=O)OC(C)(C)C)=N[C@](C)(c3ccc(F)cc3F)CS2(=O)=O)c1. The van der Waals surface area contributed by atoms with Gasteiger partial charge in [0.1, 0.15) is 45.6 Å². The highest BCUT2D eigenvalue weighted by Crippen LogP contribution is 2.46. The summed E-state index contributed by atoms with van der Waals surface area (Å²) in [5.74, 6) is -3.65. The van der Waals surface area contributed by atoms with Crippen LogP contribution in [-0.4, -0.2) is 60.1 Å². The largest absolute Gasteiger partial charge is 0.514 e. The van der Waals surface area contributed by atoms with Gasteiger partial charge in [0, 0.05) is 11.6 Å². The Hall–Kier alpha value is -4.07. The first-order chi connectivity index (χ1) is 21.2. The van der Waals surface area contributed by atoms with E-state index in [1.807, 2.05) is 0 Å². The minimum absolute atomic E-state index is 0.0731. The van der Waals surface area contributed by atoms with E-state index in [0.29, 0.717) is 11.0 Å². The molecule has 0 fully saturated rings. The van der Waals surface area contributed by atoms with E-state index in [2.05, 4.69) is 4.99 Å². The molecule has 0 saturated heterocycles. The number of imide groups is 1. The van der Waals surface area contributed by atoms with Gasteiger partial charge in [-0.3, -0.25) is 4.99 Å². The fourth-order valence-corrected chi connectivity index (χ4v) is 6.90. The van der Waals surface area contributed by atoms with Gasteiger partial charge in [-0.25, -0.2) is 31.6 Å². The summed E-state index contributed by atoms with van der Waals surface area (Å²) in [5.41, 5.74) is -5.59.